The molecule has 3 rings (SSSR count). The first-order valence-corrected chi connectivity index (χ1v) is 8.38. The molecule has 0 saturated carbocycles. The van der Waals surface area contributed by atoms with Crippen molar-refractivity contribution in [3.8, 4) is 0 Å². The van der Waals surface area contributed by atoms with Gasteiger partial charge in [0.25, 0.3) is 5.91 Å². The highest BCUT2D eigenvalue weighted by atomic mass is 79.9. The van der Waals surface area contributed by atoms with Crippen LogP contribution >= 0.6 is 15.9 Å². The van der Waals surface area contributed by atoms with Crippen molar-refractivity contribution < 1.29 is 9.53 Å². The van der Waals surface area contributed by atoms with Crippen LogP contribution in [-0.2, 0) is 4.74 Å². The number of hydrogen-bond donors (Lipinski definition) is 2. The summed E-state index contributed by atoms with van der Waals surface area (Å²) in [6, 6.07) is 11.1. The molecule has 0 bridgehead atoms. The normalized spacial score (nSPS) is 17.0. The Hall–Kier alpha value is -1.92. The van der Waals surface area contributed by atoms with E-state index in [-0.39, 0.29) is 12.0 Å². The number of nitrogens with zero attached hydrogens (tertiary/aromatic N) is 1. The number of halogens is 1. The molecule has 6 heteroatoms. The Bertz CT molecular complexity index is 687. The number of carbonyl (C=O) groups is 1. The molecular weight excluding hydrogens is 358 g/mol. The summed E-state index contributed by atoms with van der Waals surface area (Å²) >= 11 is 3.38. The van der Waals surface area contributed by atoms with Gasteiger partial charge in [-0.1, -0.05) is 22.0 Å². The molecule has 2 heterocycles. The Morgan fingerprint density at radius 3 is 3.00 bits per heavy atom. The highest BCUT2D eigenvalue weighted by molar-refractivity contribution is 9.10. The molecular formula is C17H18BrN3O2. The number of benzene rings is 1. The van der Waals surface area contributed by atoms with E-state index in [0.29, 0.717) is 5.69 Å². The Balaban J connectivity index is 1.62. The lowest BCUT2D eigenvalue weighted by Crippen LogP contribution is -2.19. The van der Waals surface area contributed by atoms with E-state index in [1.807, 2.05) is 30.3 Å². The Kier molecular flexibility index (Phi) is 5.25. The number of amides is 1. The van der Waals surface area contributed by atoms with Crippen LogP contribution in [0.25, 0.3) is 0 Å². The molecule has 1 saturated heterocycles. The molecule has 2 aromatic rings. The quantitative estimate of drug-likeness (QED) is 0.836. The van der Waals surface area contributed by atoms with Gasteiger partial charge in [-0.25, -0.2) is 0 Å². The van der Waals surface area contributed by atoms with E-state index < -0.39 is 0 Å². The minimum absolute atomic E-state index is 0.233. The lowest BCUT2D eigenvalue weighted by molar-refractivity contribution is 0.102. The molecule has 1 unspecified atom stereocenters. The molecule has 23 heavy (non-hydrogen) atoms. The zero-order chi connectivity index (χ0) is 16.1. The zero-order valence-corrected chi connectivity index (χ0v) is 14.2. The highest BCUT2D eigenvalue weighted by Crippen LogP contribution is 2.17. The summed E-state index contributed by atoms with van der Waals surface area (Å²) in [7, 11) is 0. The number of pyridine rings is 1. The average Bonchev–Trinajstić information content (AvgIpc) is 3.07. The van der Waals surface area contributed by atoms with Crippen molar-refractivity contribution in [1.82, 2.24) is 4.98 Å². The predicted molar refractivity (Wildman–Crippen MR) is 93.8 cm³/mol. The van der Waals surface area contributed by atoms with Crippen LogP contribution in [0.5, 0.6) is 0 Å². The van der Waals surface area contributed by atoms with Gasteiger partial charge in [-0.3, -0.25) is 9.78 Å². The van der Waals surface area contributed by atoms with Crippen LogP contribution in [0.3, 0.4) is 0 Å². The standard InChI is InChI=1S/C17H18BrN3O2/c18-12-3-1-4-14(9-12)21-17(22)16-10-13(6-7-19-16)20-11-15-5-2-8-23-15/h1,3-4,6-7,9-10,15H,2,5,8,11H2,(H,19,20)(H,21,22). The molecule has 0 radical (unpaired) electrons. The monoisotopic (exact) mass is 375 g/mol. The van der Waals surface area contributed by atoms with E-state index >= 15 is 0 Å². The third-order valence-corrected chi connectivity index (χ3v) is 4.13. The van der Waals surface area contributed by atoms with E-state index in [9.17, 15) is 4.79 Å². The number of aromatic nitrogens is 1. The SMILES string of the molecule is O=C(Nc1cccc(Br)c1)c1cc(NCC2CCCO2)ccn1. The summed E-state index contributed by atoms with van der Waals surface area (Å²) in [5, 5.41) is 6.14. The Morgan fingerprint density at radius 1 is 1.30 bits per heavy atom. The summed E-state index contributed by atoms with van der Waals surface area (Å²) < 4.78 is 6.49. The van der Waals surface area contributed by atoms with Crippen LogP contribution in [0.2, 0.25) is 0 Å². The molecule has 1 atom stereocenters. The van der Waals surface area contributed by atoms with E-state index in [0.717, 1.165) is 41.8 Å². The topological polar surface area (TPSA) is 63.2 Å². The number of rotatable bonds is 5. The van der Waals surface area contributed by atoms with E-state index in [1.165, 1.54) is 0 Å². The lowest BCUT2D eigenvalue weighted by atomic mass is 10.2. The van der Waals surface area contributed by atoms with Gasteiger partial charge in [0.05, 0.1) is 6.10 Å². The molecule has 1 aliphatic heterocycles. The van der Waals surface area contributed by atoms with Gasteiger partial charge in [-0.2, -0.15) is 0 Å². The van der Waals surface area contributed by atoms with Crippen molar-refractivity contribution in [2.45, 2.75) is 18.9 Å². The minimum Gasteiger partial charge on any atom is -0.382 e. The summed E-state index contributed by atoms with van der Waals surface area (Å²) in [5.41, 5.74) is 1.97. The number of nitrogens with one attached hydrogen (secondary N) is 2. The molecule has 120 valence electrons. The second-order valence-electron chi connectivity index (χ2n) is 5.41. The molecule has 1 amide bonds. The molecule has 2 N–H and O–H groups in total. The fourth-order valence-electron chi connectivity index (χ4n) is 2.46. The predicted octanol–water partition coefficient (Wildman–Crippen LogP) is 3.69. The van der Waals surface area contributed by atoms with Gasteiger partial charge >= 0.3 is 0 Å². The van der Waals surface area contributed by atoms with Crippen molar-refractivity contribution in [1.29, 1.82) is 0 Å². The summed E-state index contributed by atoms with van der Waals surface area (Å²) in [4.78, 5) is 16.4. The van der Waals surface area contributed by atoms with Gasteiger partial charge in [0.2, 0.25) is 0 Å². The van der Waals surface area contributed by atoms with Crippen LogP contribution in [0.4, 0.5) is 11.4 Å². The summed E-state index contributed by atoms with van der Waals surface area (Å²) in [5.74, 6) is -0.233. The molecule has 1 aromatic heterocycles. The van der Waals surface area contributed by atoms with Crippen molar-refractivity contribution in [3.63, 3.8) is 0 Å². The number of ether oxygens (including phenoxy) is 1. The molecule has 0 aliphatic carbocycles. The van der Waals surface area contributed by atoms with Crippen molar-refractivity contribution in [3.05, 3.63) is 52.8 Å². The largest absolute Gasteiger partial charge is 0.382 e. The van der Waals surface area contributed by atoms with E-state index in [2.05, 4.69) is 31.5 Å². The van der Waals surface area contributed by atoms with Crippen LogP contribution in [0.15, 0.2) is 47.1 Å². The third-order valence-electron chi connectivity index (χ3n) is 3.63. The molecule has 0 spiro atoms. The Morgan fingerprint density at radius 2 is 2.22 bits per heavy atom. The van der Waals surface area contributed by atoms with Crippen molar-refractivity contribution in [2.24, 2.45) is 0 Å². The second kappa shape index (κ2) is 7.57. The smallest absolute Gasteiger partial charge is 0.274 e. The highest BCUT2D eigenvalue weighted by Gasteiger charge is 2.15. The first-order chi connectivity index (χ1) is 11.2. The van der Waals surface area contributed by atoms with E-state index in [1.54, 1.807) is 12.3 Å². The first-order valence-electron chi connectivity index (χ1n) is 7.59. The Labute approximate surface area is 143 Å². The lowest BCUT2D eigenvalue weighted by Gasteiger charge is -2.12. The van der Waals surface area contributed by atoms with Crippen molar-refractivity contribution in [2.75, 3.05) is 23.8 Å². The zero-order valence-electron chi connectivity index (χ0n) is 12.6. The average molecular weight is 376 g/mol. The van der Waals surface area contributed by atoms with Crippen LogP contribution < -0.4 is 10.6 Å². The van der Waals surface area contributed by atoms with Gasteiger partial charge in [0.15, 0.2) is 0 Å². The van der Waals surface area contributed by atoms with Gasteiger partial charge in [-0.05, 0) is 43.2 Å². The fraction of sp³-hybridized carbons (Fsp3) is 0.294. The van der Waals surface area contributed by atoms with Gasteiger partial charge < -0.3 is 15.4 Å². The summed E-state index contributed by atoms with van der Waals surface area (Å²) in [6.45, 7) is 1.58. The number of hydrogen-bond acceptors (Lipinski definition) is 4. The van der Waals surface area contributed by atoms with E-state index in [4.69, 9.17) is 4.74 Å². The molecule has 1 aromatic carbocycles. The fourth-order valence-corrected chi connectivity index (χ4v) is 2.86. The molecule has 1 aliphatic rings. The van der Waals surface area contributed by atoms with Crippen LogP contribution in [0.1, 0.15) is 23.3 Å². The summed E-state index contributed by atoms with van der Waals surface area (Å²) in [6.07, 6.45) is 4.08. The minimum atomic E-state index is -0.233. The third kappa shape index (κ3) is 4.53. The van der Waals surface area contributed by atoms with Crippen molar-refractivity contribution >= 4 is 33.2 Å². The van der Waals surface area contributed by atoms with Gasteiger partial charge in [0.1, 0.15) is 5.69 Å². The van der Waals surface area contributed by atoms with Gasteiger partial charge in [0, 0.05) is 35.2 Å². The maximum atomic E-state index is 12.3. The first kappa shape index (κ1) is 16.0. The number of anilines is 2. The molecule has 1 fully saturated rings. The van der Waals surface area contributed by atoms with Crippen LogP contribution in [-0.4, -0.2) is 30.1 Å². The molecule has 5 nitrogen and oxygen atoms in total. The van der Waals surface area contributed by atoms with Crippen LogP contribution in [0, 0.1) is 0 Å². The second-order valence-corrected chi connectivity index (χ2v) is 6.33. The maximum absolute atomic E-state index is 12.3. The maximum Gasteiger partial charge on any atom is 0.274 e. The van der Waals surface area contributed by atoms with Gasteiger partial charge in [-0.15, -0.1) is 0 Å². The number of carbonyl (C=O) groups excluding carboxylic acids is 1.